The zero-order valence-corrected chi connectivity index (χ0v) is 19.1. The first-order valence-corrected chi connectivity index (χ1v) is 11.4. The van der Waals surface area contributed by atoms with Crippen molar-refractivity contribution in [3.63, 3.8) is 0 Å². The van der Waals surface area contributed by atoms with Gasteiger partial charge in [0.25, 0.3) is 0 Å². The van der Waals surface area contributed by atoms with Crippen molar-refractivity contribution in [2.24, 2.45) is 10.7 Å². The molecule has 0 saturated heterocycles. The summed E-state index contributed by atoms with van der Waals surface area (Å²) in [5, 5.41) is 10.4. The van der Waals surface area contributed by atoms with Gasteiger partial charge in [-0.05, 0) is 36.8 Å². The van der Waals surface area contributed by atoms with Gasteiger partial charge < -0.3 is 14.9 Å². The maximum Gasteiger partial charge on any atom is 0.162 e. The minimum absolute atomic E-state index is 0.0182. The number of aliphatic imine (C=N–C) groups is 1. The average Bonchev–Trinajstić information content (AvgIpc) is 3.43. The molecular weight excluding hydrogens is 440 g/mol. The summed E-state index contributed by atoms with van der Waals surface area (Å²) < 4.78 is 11.3. The third-order valence-corrected chi connectivity index (χ3v) is 6.95. The lowest BCUT2D eigenvalue weighted by atomic mass is 9.72. The van der Waals surface area contributed by atoms with Crippen LogP contribution < -0.4 is 15.4 Å². The van der Waals surface area contributed by atoms with Gasteiger partial charge in [-0.3, -0.25) is 9.69 Å². The number of Topliss-reactive ketones (excluding diaryl/α,β-unsaturated/α-hetero) is 1. The fourth-order valence-electron chi connectivity index (χ4n) is 5.46. The number of para-hydroxylation sites is 2. The molecule has 2 unspecified atom stereocenters. The van der Waals surface area contributed by atoms with E-state index in [9.17, 15) is 10.1 Å². The second-order valence-electron chi connectivity index (χ2n) is 8.78. The monoisotopic (exact) mass is 462 g/mol. The molecule has 2 aromatic carbocycles. The summed E-state index contributed by atoms with van der Waals surface area (Å²) in [6.07, 6.45) is 2.49. The quantitative estimate of drug-likeness (QED) is 0.602. The van der Waals surface area contributed by atoms with Gasteiger partial charge in [-0.1, -0.05) is 30.3 Å². The zero-order chi connectivity index (χ0) is 24.1. The van der Waals surface area contributed by atoms with Crippen molar-refractivity contribution < 1.29 is 13.9 Å². The minimum atomic E-state index is -0.607. The zero-order valence-electron chi connectivity index (χ0n) is 19.1. The highest BCUT2D eigenvalue weighted by Crippen LogP contribution is 2.52. The summed E-state index contributed by atoms with van der Waals surface area (Å²) in [4.78, 5) is 20.5. The van der Waals surface area contributed by atoms with Gasteiger partial charge in [-0.25, -0.2) is 4.99 Å². The van der Waals surface area contributed by atoms with Crippen LogP contribution in [0.15, 0.2) is 99.0 Å². The predicted molar refractivity (Wildman–Crippen MR) is 131 cm³/mol. The van der Waals surface area contributed by atoms with Crippen molar-refractivity contribution in [1.29, 1.82) is 5.26 Å². The van der Waals surface area contributed by atoms with E-state index in [4.69, 9.17) is 19.9 Å². The number of hydrogen-bond acceptors (Lipinski definition) is 7. The van der Waals surface area contributed by atoms with E-state index in [-0.39, 0.29) is 11.7 Å². The number of fused-ring (bicyclic) bond motifs is 4. The SMILES string of the molecule is COc1ccccc1C1C(C#N)=C2N=C(N)c3ccccc3N2C2=C1C(=O)CC(c1ccco1)C2. The normalized spacial score (nSPS) is 21.1. The van der Waals surface area contributed by atoms with Crippen LogP contribution in [0.3, 0.4) is 0 Å². The lowest BCUT2D eigenvalue weighted by molar-refractivity contribution is -0.116. The Balaban J connectivity index is 1.65. The second kappa shape index (κ2) is 8.03. The maximum absolute atomic E-state index is 13.9. The number of rotatable bonds is 3. The van der Waals surface area contributed by atoms with E-state index < -0.39 is 5.92 Å². The number of carbonyl (C=O) groups is 1. The molecule has 0 radical (unpaired) electrons. The van der Waals surface area contributed by atoms with E-state index in [0.29, 0.717) is 41.4 Å². The minimum Gasteiger partial charge on any atom is -0.496 e. The molecule has 6 rings (SSSR count). The van der Waals surface area contributed by atoms with E-state index >= 15 is 0 Å². The molecule has 1 aromatic heterocycles. The molecule has 0 spiro atoms. The number of methoxy groups -OCH3 is 1. The lowest BCUT2D eigenvalue weighted by Gasteiger charge is -2.43. The number of ether oxygens (including phenoxy) is 1. The largest absolute Gasteiger partial charge is 0.496 e. The molecule has 172 valence electrons. The van der Waals surface area contributed by atoms with Gasteiger partial charge in [-0.2, -0.15) is 5.26 Å². The van der Waals surface area contributed by atoms with Crippen LogP contribution in [0.4, 0.5) is 5.69 Å². The van der Waals surface area contributed by atoms with Gasteiger partial charge in [0.15, 0.2) is 11.6 Å². The molecule has 7 heteroatoms. The highest BCUT2D eigenvalue weighted by molar-refractivity contribution is 6.08. The number of carbonyl (C=O) groups excluding carboxylic acids is 1. The van der Waals surface area contributed by atoms with Gasteiger partial charge in [0.2, 0.25) is 0 Å². The number of allylic oxidation sites excluding steroid dienone is 3. The Hall–Kier alpha value is -4.57. The first-order valence-electron chi connectivity index (χ1n) is 11.4. The summed E-state index contributed by atoms with van der Waals surface area (Å²) in [7, 11) is 1.59. The van der Waals surface area contributed by atoms with Crippen molar-refractivity contribution in [2.75, 3.05) is 12.0 Å². The molecular formula is C28H22N4O3. The molecule has 3 aromatic rings. The molecule has 3 heterocycles. The number of nitriles is 1. The van der Waals surface area contributed by atoms with Crippen LogP contribution in [0.2, 0.25) is 0 Å². The van der Waals surface area contributed by atoms with Crippen LogP contribution in [0.1, 0.15) is 41.6 Å². The molecule has 1 aliphatic carbocycles. The molecule has 2 N–H and O–H groups in total. The van der Waals surface area contributed by atoms with Gasteiger partial charge in [0.1, 0.15) is 17.3 Å². The van der Waals surface area contributed by atoms with Crippen molar-refractivity contribution >= 4 is 17.3 Å². The average molecular weight is 463 g/mol. The summed E-state index contributed by atoms with van der Waals surface area (Å²) in [5.74, 6) is 1.43. The van der Waals surface area contributed by atoms with Crippen LogP contribution in [-0.4, -0.2) is 18.7 Å². The smallest absolute Gasteiger partial charge is 0.162 e. The fraction of sp³-hybridized carbons (Fsp3) is 0.179. The summed E-state index contributed by atoms with van der Waals surface area (Å²) in [6, 6.07) is 21.3. The Bertz CT molecular complexity index is 1490. The Morgan fingerprint density at radius 1 is 1.11 bits per heavy atom. The molecule has 35 heavy (non-hydrogen) atoms. The van der Waals surface area contributed by atoms with Crippen LogP contribution in [0.25, 0.3) is 0 Å². The maximum atomic E-state index is 13.9. The number of furan rings is 1. The molecule has 0 fully saturated rings. The lowest BCUT2D eigenvalue weighted by Crippen LogP contribution is -2.40. The highest BCUT2D eigenvalue weighted by atomic mass is 16.5. The van der Waals surface area contributed by atoms with Crippen molar-refractivity contribution in [3.05, 3.63) is 106 Å². The van der Waals surface area contributed by atoms with Crippen LogP contribution in [-0.2, 0) is 4.79 Å². The number of anilines is 1. The summed E-state index contributed by atoms with van der Waals surface area (Å²) >= 11 is 0. The van der Waals surface area contributed by atoms with Crippen LogP contribution in [0.5, 0.6) is 5.75 Å². The molecule has 0 saturated carbocycles. The Labute approximate surface area is 202 Å². The summed E-state index contributed by atoms with van der Waals surface area (Å²) in [6.45, 7) is 0. The van der Waals surface area contributed by atoms with Crippen LogP contribution in [0, 0.1) is 11.3 Å². The standard InChI is InChI=1S/C28H22N4O3/c1-34-24-10-5-3-8-18(24)25-19(15-29)28-31-27(30)17-7-2-4-9-20(17)32(28)21-13-16(14-22(33)26(21)25)23-11-6-12-35-23/h2-12,16,25H,13-14H2,1H3,(H2,30,31). The van der Waals surface area contributed by atoms with Crippen molar-refractivity contribution in [3.8, 4) is 11.8 Å². The van der Waals surface area contributed by atoms with Gasteiger partial charge in [0, 0.05) is 34.7 Å². The highest BCUT2D eigenvalue weighted by Gasteiger charge is 2.46. The van der Waals surface area contributed by atoms with E-state index in [1.54, 1.807) is 13.4 Å². The number of nitrogens with two attached hydrogens (primary N) is 1. The first kappa shape index (κ1) is 21.0. The van der Waals surface area contributed by atoms with Crippen molar-refractivity contribution in [1.82, 2.24) is 0 Å². The van der Waals surface area contributed by atoms with E-state index in [1.165, 1.54) is 0 Å². The second-order valence-corrected chi connectivity index (χ2v) is 8.78. The number of nitrogens with zero attached hydrogens (tertiary/aromatic N) is 3. The Morgan fingerprint density at radius 2 is 1.91 bits per heavy atom. The van der Waals surface area contributed by atoms with Gasteiger partial charge >= 0.3 is 0 Å². The van der Waals surface area contributed by atoms with Gasteiger partial charge in [0.05, 0.1) is 36.6 Å². The fourth-order valence-corrected chi connectivity index (χ4v) is 5.46. The van der Waals surface area contributed by atoms with E-state index in [1.807, 2.05) is 65.6 Å². The van der Waals surface area contributed by atoms with Crippen LogP contribution >= 0.6 is 0 Å². The number of ketones is 1. The molecule has 2 aliphatic heterocycles. The van der Waals surface area contributed by atoms with E-state index in [2.05, 4.69) is 6.07 Å². The number of benzene rings is 2. The topological polar surface area (TPSA) is 105 Å². The number of hydrogen-bond donors (Lipinski definition) is 1. The third-order valence-electron chi connectivity index (χ3n) is 6.95. The molecule has 2 atom stereocenters. The van der Waals surface area contributed by atoms with Crippen molar-refractivity contribution in [2.45, 2.75) is 24.7 Å². The molecule has 7 nitrogen and oxygen atoms in total. The van der Waals surface area contributed by atoms with E-state index in [0.717, 1.165) is 28.3 Å². The predicted octanol–water partition coefficient (Wildman–Crippen LogP) is 4.75. The van der Waals surface area contributed by atoms with Gasteiger partial charge in [-0.15, -0.1) is 0 Å². The molecule has 0 bridgehead atoms. The third kappa shape index (κ3) is 3.11. The number of amidine groups is 1. The summed E-state index contributed by atoms with van der Waals surface area (Å²) in [5.41, 5.74) is 10.5. The Kier molecular flexibility index (Phi) is 4.82. The first-order chi connectivity index (χ1) is 17.1. The molecule has 3 aliphatic rings. The molecule has 0 amide bonds. The Morgan fingerprint density at radius 3 is 2.69 bits per heavy atom.